The highest BCUT2D eigenvalue weighted by Gasteiger charge is 2.21. The van der Waals surface area contributed by atoms with Crippen LogP contribution in [0.4, 0.5) is 0 Å². The first-order chi connectivity index (χ1) is 8.83. The monoisotopic (exact) mass is 259 g/mol. The summed E-state index contributed by atoms with van der Waals surface area (Å²) in [6.07, 6.45) is 6.87. The highest BCUT2D eigenvalue weighted by Crippen LogP contribution is 2.22. The predicted octanol–water partition coefficient (Wildman–Crippen LogP) is 2.30. The van der Waals surface area contributed by atoms with Crippen LogP contribution in [0.1, 0.15) is 33.6 Å². The molecule has 0 aliphatic heterocycles. The summed E-state index contributed by atoms with van der Waals surface area (Å²) >= 11 is 1.64. The topological polar surface area (TPSA) is 33.0 Å². The first-order valence-electron chi connectivity index (χ1n) is 6.23. The van der Waals surface area contributed by atoms with Crippen LogP contribution in [0.15, 0.2) is 36.5 Å². The van der Waals surface area contributed by atoms with Crippen molar-refractivity contribution in [1.82, 2.24) is 0 Å². The summed E-state index contributed by atoms with van der Waals surface area (Å²) in [6.45, 7) is 0. The zero-order valence-electron chi connectivity index (χ0n) is 10.1. The third-order valence-electron chi connectivity index (χ3n) is 3.19. The van der Waals surface area contributed by atoms with Crippen LogP contribution in [0.25, 0.3) is 0 Å². The quantitative estimate of drug-likeness (QED) is 0.825. The Bertz CT molecular complexity index is 539. The minimum atomic E-state index is -0.0563. The van der Waals surface area contributed by atoms with E-state index in [4.69, 9.17) is 0 Å². The molecule has 0 bridgehead atoms. The molecule has 0 atom stereocenters. The van der Waals surface area contributed by atoms with Gasteiger partial charge in [-0.3, -0.25) is 4.79 Å². The zero-order chi connectivity index (χ0) is 12.4. The van der Waals surface area contributed by atoms with E-state index >= 15 is 0 Å². The fourth-order valence-corrected chi connectivity index (χ4v) is 3.29. The molecule has 1 heterocycles. The molecule has 1 aliphatic rings. The van der Waals surface area contributed by atoms with Crippen LogP contribution in [0.5, 0.6) is 0 Å². The van der Waals surface area contributed by atoms with E-state index in [9.17, 15) is 4.79 Å². The number of rotatable bonds is 2. The summed E-state index contributed by atoms with van der Waals surface area (Å²) in [5, 5.41) is 0. The molecule has 0 radical (unpaired) electrons. The Hall–Kier alpha value is -1.68. The van der Waals surface area contributed by atoms with E-state index in [1.807, 2.05) is 34.4 Å². The molecule has 3 rings (SSSR count). The predicted molar refractivity (Wildman–Crippen MR) is 71.3 cm³/mol. The third kappa shape index (κ3) is 2.29. The number of aryl methyl sites for hydroxylation is 2. The summed E-state index contributed by atoms with van der Waals surface area (Å²) in [6, 6.07) is 9.30. The summed E-state index contributed by atoms with van der Waals surface area (Å²) < 4.78 is 1.84. The number of carbonyl (C=O) groups excluding carboxylic acids is 1. The largest absolute Gasteiger partial charge is 0.306 e. The van der Waals surface area contributed by atoms with Gasteiger partial charge in [-0.05, 0) is 41.9 Å². The average Bonchev–Trinajstić information content (AvgIpc) is 2.82. The van der Waals surface area contributed by atoms with Crippen molar-refractivity contribution in [2.24, 2.45) is 0 Å². The molecule has 18 heavy (non-hydrogen) atoms. The third-order valence-corrected chi connectivity index (χ3v) is 4.27. The first kappa shape index (κ1) is 11.4. The van der Waals surface area contributed by atoms with E-state index in [0.29, 0.717) is 5.56 Å². The van der Waals surface area contributed by atoms with Crippen LogP contribution in [0.2, 0.25) is 0 Å². The van der Waals surface area contributed by atoms with Gasteiger partial charge in [0.05, 0.1) is 4.88 Å². The second-order valence-electron chi connectivity index (χ2n) is 4.51. The number of hydrogen-bond donors (Lipinski definition) is 1. The highest BCUT2D eigenvalue weighted by atomic mass is 32.1. The maximum absolute atomic E-state index is 12.0. The number of benzene rings is 1. The molecular weight excluding hydrogens is 244 g/mol. The number of fused-ring (bicyclic) bond motifs is 1. The maximum Gasteiger partial charge on any atom is 0.306 e. The Balaban J connectivity index is 1.77. The van der Waals surface area contributed by atoms with Crippen LogP contribution in [0, 0.1) is 0 Å². The molecule has 92 valence electrons. The lowest BCUT2D eigenvalue weighted by Gasteiger charge is -2.04. The maximum atomic E-state index is 12.0. The summed E-state index contributed by atoms with van der Waals surface area (Å²) in [4.78, 5) is 13.4. The fraction of sp³-hybridized carbons (Fsp3) is 0.286. The van der Waals surface area contributed by atoms with Crippen molar-refractivity contribution in [3.8, 4) is 0 Å². The van der Waals surface area contributed by atoms with Crippen LogP contribution < -0.4 is 9.49 Å². The molecule has 1 amide bonds. The van der Waals surface area contributed by atoms with Gasteiger partial charge in [0.25, 0.3) is 0 Å². The van der Waals surface area contributed by atoms with Gasteiger partial charge < -0.3 is 0 Å². The summed E-state index contributed by atoms with van der Waals surface area (Å²) in [5.74, 6) is -0.0563. The van der Waals surface area contributed by atoms with Crippen molar-refractivity contribution < 1.29 is 8.86 Å². The minimum absolute atomic E-state index is 0.0563. The number of hydrogen-bond acceptors (Lipinski definition) is 2. The van der Waals surface area contributed by atoms with Crippen LogP contribution in [-0.4, -0.2) is 5.91 Å². The lowest BCUT2D eigenvalue weighted by Crippen LogP contribution is -2.44. The van der Waals surface area contributed by atoms with E-state index in [2.05, 4.69) is 11.6 Å². The molecule has 1 aromatic carbocycles. The first-order valence-corrected chi connectivity index (χ1v) is 7.00. The van der Waals surface area contributed by atoms with Crippen molar-refractivity contribution in [2.75, 3.05) is 5.43 Å². The lowest BCUT2D eigenvalue weighted by atomic mass is 10.0. The van der Waals surface area contributed by atoms with E-state index in [1.54, 1.807) is 11.5 Å². The molecule has 1 N–H and O–H groups in total. The van der Waals surface area contributed by atoms with Crippen LogP contribution >= 0.6 is 11.5 Å². The fourth-order valence-electron chi connectivity index (χ4n) is 2.24. The average molecular weight is 259 g/mol. The number of aromatic nitrogens is 1. The SMILES string of the molecule is O=C(N[n+]1cc2c(s1)CCCC2)c1ccccc1. The summed E-state index contributed by atoms with van der Waals surface area (Å²) in [5.41, 5.74) is 4.99. The second-order valence-corrected chi connectivity index (χ2v) is 5.58. The molecular formula is C14H15N2OS+. The van der Waals surface area contributed by atoms with Gasteiger partial charge in [0.2, 0.25) is 6.20 Å². The van der Waals surface area contributed by atoms with Gasteiger partial charge in [-0.25, -0.2) is 0 Å². The van der Waals surface area contributed by atoms with Gasteiger partial charge in [0, 0.05) is 11.1 Å². The number of amides is 1. The molecule has 3 nitrogen and oxygen atoms in total. The molecule has 0 saturated heterocycles. The van der Waals surface area contributed by atoms with Crippen LogP contribution in [0.3, 0.4) is 0 Å². The highest BCUT2D eigenvalue weighted by molar-refractivity contribution is 7.02. The van der Waals surface area contributed by atoms with Crippen LogP contribution in [-0.2, 0) is 12.8 Å². The molecule has 0 spiro atoms. The molecule has 0 fully saturated rings. The Morgan fingerprint density at radius 2 is 1.94 bits per heavy atom. The van der Waals surface area contributed by atoms with Gasteiger partial charge >= 0.3 is 5.91 Å². The second kappa shape index (κ2) is 4.90. The Morgan fingerprint density at radius 3 is 2.72 bits per heavy atom. The van der Waals surface area contributed by atoms with Gasteiger partial charge in [-0.2, -0.15) is 0 Å². The van der Waals surface area contributed by atoms with Crippen molar-refractivity contribution in [3.63, 3.8) is 0 Å². The van der Waals surface area contributed by atoms with E-state index < -0.39 is 0 Å². The van der Waals surface area contributed by atoms with E-state index in [-0.39, 0.29) is 5.91 Å². The molecule has 1 aliphatic carbocycles. The smallest absolute Gasteiger partial charge is 0.263 e. The number of carbonyl (C=O) groups is 1. The molecule has 2 aromatic rings. The minimum Gasteiger partial charge on any atom is -0.263 e. The Morgan fingerprint density at radius 1 is 1.17 bits per heavy atom. The van der Waals surface area contributed by atoms with Crippen molar-refractivity contribution in [1.29, 1.82) is 0 Å². The van der Waals surface area contributed by atoms with Gasteiger partial charge in [-0.1, -0.05) is 18.2 Å². The Labute approximate surface area is 110 Å². The molecule has 4 heteroatoms. The number of nitrogens with one attached hydrogen (secondary N) is 1. The normalized spacial score (nSPS) is 14.0. The standard InChI is InChI=1S/C14H14N2OS/c17-14(11-6-2-1-3-7-11)15-16-10-12-8-4-5-9-13(12)18-16/h1-3,6-7,10H,4-5,8-9H2/p+1. The van der Waals surface area contributed by atoms with Crippen molar-refractivity contribution in [2.45, 2.75) is 25.7 Å². The molecule has 0 saturated carbocycles. The van der Waals surface area contributed by atoms with Gasteiger partial charge in [-0.15, -0.1) is 5.43 Å². The van der Waals surface area contributed by atoms with Gasteiger partial charge in [0.15, 0.2) is 11.5 Å². The van der Waals surface area contributed by atoms with Crippen molar-refractivity contribution >= 4 is 17.4 Å². The van der Waals surface area contributed by atoms with E-state index in [0.717, 1.165) is 12.8 Å². The summed E-state index contributed by atoms with van der Waals surface area (Å²) in [7, 11) is 0. The van der Waals surface area contributed by atoms with Crippen molar-refractivity contribution in [3.05, 3.63) is 52.5 Å². The van der Waals surface area contributed by atoms with E-state index in [1.165, 1.54) is 23.3 Å². The zero-order valence-corrected chi connectivity index (χ0v) is 10.9. The number of nitrogens with zero attached hydrogens (tertiary/aromatic N) is 1. The molecule has 0 unspecified atom stereocenters. The lowest BCUT2D eigenvalue weighted by molar-refractivity contribution is -0.569. The van der Waals surface area contributed by atoms with Gasteiger partial charge in [0.1, 0.15) is 0 Å². The Kier molecular flexibility index (Phi) is 3.11. The molecule has 1 aromatic heterocycles.